The fourth-order valence-corrected chi connectivity index (χ4v) is 5.06. The molecule has 4 atom stereocenters. The van der Waals surface area contributed by atoms with Crippen molar-refractivity contribution in [3.05, 3.63) is 42.0 Å². The monoisotopic (exact) mass is 400 g/mol. The van der Waals surface area contributed by atoms with Gasteiger partial charge in [0.15, 0.2) is 11.6 Å². The van der Waals surface area contributed by atoms with Gasteiger partial charge in [-0.15, -0.1) is 0 Å². The summed E-state index contributed by atoms with van der Waals surface area (Å²) in [5, 5.41) is 3.04. The Kier molecular flexibility index (Phi) is 5.02. The number of halogens is 1. The normalized spacial score (nSPS) is 26.6. The van der Waals surface area contributed by atoms with Gasteiger partial charge in [-0.2, -0.15) is 0 Å². The summed E-state index contributed by atoms with van der Waals surface area (Å²) in [7, 11) is 1.71. The first-order chi connectivity index (χ1) is 13.8. The van der Waals surface area contributed by atoms with E-state index in [1.165, 1.54) is 0 Å². The van der Waals surface area contributed by atoms with Crippen molar-refractivity contribution in [2.24, 2.45) is 5.92 Å². The molecule has 1 saturated heterocycles. The Hall–Kier alpha value is -2.54. The van der Waals surface area contributed by atoms with Gasteiger partial charge in [-0.3, -0.25) is 0 Å². The number of methoxy groups -OCH3 is 1. The molecule has 4 rings (SSSR count). The number of aryl methyl sites for hydroxylation is 1. The number of nitrogens with one attached hydrogen (secondary N) is 1. The van der Waals surface area contributed by atoms with E-state index in [-0.39, 0.29) is 25.1 Å². The maximum Gasteiger partial charge on any atom is 0.322 e. The van der Waals surface area contributed by atoms with Gasteiger partial charge in [0.25, 0.3) is 0 Å². The molecule has 1 aliphatic heterocycles. The quantitative estimate of drug-likeness (QED) is 0.811. The lowest BCUT2D eigenvalue weighted by atomic mass is 9.62. The summed E-state index contributed by atoms with van der Waals surface area (Å²) < 4.78 is 18.8. The van der Waals surface area contributed by atoms with E-state index < -0.39 is 5.82 Å². The molecule has 2 heterocycles. The maximum atomic E-state index is 13.2. The highest BCUT2D eigenvalue weighted by molar-refractivity contribution is 5.92. The van der Waals surface area contributed by atoms with E-state index in [0.717, 1.165) is 42.8 Å². The van der Waals surface area contributed by atoms with Crippen LogP contribution in [0.25, 0.3) is 11.4 Å². The minimum absolute atomic E-state index is 0. The number of benzene rings is 1. The molecule has 1 N–H and O–H groups in total. The van der Waals surface area contributed by atoms with Crippen LogP contribution in [0.3, 0.4) is 0 Å². The number of urea groups is 1. The summed E-state index contributed by atoms with van der Waals surface area (Å²) in [6, 6.07) is 5.76. The molecule has 0 radical (unpaired) electrons. The van der Waals surface area contributed by atoms with Gasteiger partial charge >= 0.3 is 6.03 Å². The SMILES string of the molecule is COC(C)[C@@]12C[C@@H](C)C[C@@H](C1)N2C(=O)Nc1ccc(C)c(-c2ncc(F)cn2)c1.[HH]. The average Bonchev–Trinajstić information content (AvgIpc) is 2.68. The van der Waals surface area contributed by atoms with Crippen molar-refractivity contribution < 1.29 is 15.3 Å². The van der Waals surface area contributed by atoms with E-state index in [0.29, 0.717) is 17.4 Å². The van der Waals surface area contributed by atoms with Crippen molar-refractivity contribution >= 4 is 11.7 Å². The number of anilines is 1. The van der Waals surface area contributed by atoms with Gasteiger partial charge in [0.2, 0.25) is 0 Å². The molecule has 2 amide bonds. The molecule has 7 heteroatoms. The molecule has 29 heavy (non-hydrogen) atoms. The molecule has 156 valence electrons. The van der Waals surface area contributed by atoms with E-state index in [1.54, 1.807) is 7.11 Å². The van der Waals surface area contributed by atoms with Gasteiger partial charge < -0.3 is 15.0 Å². The van der Waals surface area contributed by atoms with E-state index in [9.17, 15) is 9.18 Å². The number of carbonyl (C=O) groups is 1. The first-order valence-corrected chi connectivity index (χ1v) is 10.1. The number of carbonyl (C=O) groups excluding carboxylic acids is 1. The van der Waals surface area contributed by atoms with Crippen LogP contribution in [0, 0.1) is 18.7 Å². The van der Waals surface area contributed by atoms with Crippen molar-refractivity contribution in [1.82, 2.24) is 14.9 Å². The minimum Gasteiger partial charge on any atom is -0.379 e. The Morgan fingerprint density at radius 2 is 2.10 bits per heavy atom. The van der Waals surface area contributed by atoms with Crippen LogP contribution in [0.5, 0.6) is 0 Å². The summed E-state index contributed by atoms with van der Waals surface area (Å²) in [5.41, 5.74) is 2.14. The molecule has 2 bridgehead atoms. The van der Waals surface area contributed by atoms with Crippen LogP contribution < -0.4 is 5.32 Å². The molecule has 1 aliphatic carbocycles. The summed E-state index contributed by atoms with van der Waals surface area (Å²) in [5.74, 6) is 0.531. The number of likely N-dealkylation sites (tertiary alicyclic amines) is 1. The fraction of sp³-hybridized carbons (Fsp3) is 0.500. The highest BCUT2D eigenvalue weighted by Gasteiger charge is 2.61. The van der Waals surface area contributed by atoms with Crippen LogP contribution in [-0.4, -0.2) is 45.7 Å². The zero-order chi connectivity index (χ0) is 20.8. The molecule has 2 fully saturated rings. The molecule has 2 aromatic rings. The van der Waals surface area contributed by atoms with Gasteiger partial charge in [0.05, 0.1) is 24.0 Å². The average molecular weight is 400 g/mol. The third-order valence-corrected chi connectivity index (χ3v) is 6.49. The summed E-state index contributed by atoms with van der Waals surface area (Å²) >= 11 is 0. The second-order valence-electron chi connectivity index (χ2n) is 8.44. The zero-order valence-electron chi connectivity index (χ0n) is 17.3. The van der Waals surface area contributed by atoms with Crippen LogP contribution >= 0.6 is 0 Å². The molecular weight excluding hydrogens is 371 g/mol. The Morgan fingerprint density at radius 1 is 1.38 bits per heavy atom. The third-order valence-electron chi connectivity index (χ3n) is 6.49. The van der Waals surface area contributed by atoms with Crippen molar-refractivity contribution in [3.63, 3.8) is 0 Å². The fourth-order valence-electron chi connectivity index (χ4n) is 5.06. The Balaban J connectivity index is 0.00000256. The molecule has 6 nitrogen and oxygen atoms in total. The molecule has 1 saturated carbocycles. The number of piperidine rings is 1. The van der Waals surface area contributed by atoms with E-state index in [1.807, 2.05) is 36.9 Å². The predicted molar refractivity (Wildman–Crippen MR) is 111 cm³/mol. The van der Waals surface area contributed by atoms with Crippen molar-refractivity contribution in [1.29, 1.82) is 0 Å². The van der Waals surface area contributed by atoms with Gasteiger partial charge in [0, 0.05) is 25.8 Å². The molecule has 1 unspecified atom stereocenters. The highest BCUT2D eigenvalue weighted by Crippen LogP contribution is 2.52. The predicted octanol–water partition coefficient (Wildman–Crippen LogP) is 4.65. The van der Waals surface area contributed by atoms with Crippen LogP contribution in [0.15, 0.2) is 30.6 Å². The topological polar surface area (TPSA) is 67.3 Å². The third kappa shape index (κ3) is 3.37. The first-order valence-electron chi connectivity index (χ1n) is 10.1. The van der Waals surface area contributed by atoms with Gasteiger partial charge in [0.1, 0.15) is 0 Å². The Bertz CT molecular complexity index is 926. The van der Waals surface area contributed by atoms with Crippen molar-refractivity contribution in [2.45, 2.75) is 57.7 Å². The largest absolute Gasteiger partial charge is 0.379 e. The standard InChI is InChI=1S/C22H27FN4O2.H2/c1-13-7-18-10-22(9-13,15(3)29-4)27(18)21(28)26-17-6-5-14(2)19(8-17)20-24-11-16(23)12-25-20;/h5-6,8,11-13,15,18H,7,9-10H2,1-4H3,(H,26,28);1H/t13-,15?,18-,22+;/m0./s1. The number of amides is 2. The number of aromatic nitrogens is 2. The lowest BCUT2D eigenvalue weighted by Crippen LogP contribution is -2.76. The molecule has 0 spiro atoms. The van der Waals surface area contributed by atoms with Gasteiger partial charge in [-0.05, 0) is 56.7 Å². The number of fused-ring (bicyclic) bond motifs is 2. The summed E-state index contributed by atoms with van der Waals surface area (Å²) in [4.78, 5) is 23.3. The highest BCUT2D eigenvalue weighted by atomic mass is 19.1. The Labute approximate surface area is 172 Å². The molecule has 1 aromatic heterocycles. The van der Waals surface area contributed by atoms with Crippen LogP contribution in [-0.2, 0) is 4.74 Å². The van der Waals surface area contributed by atoms with Crippen LogP contribution in [0.4, 0.5) is 14.9 Å². The Morgan fingerprint density at radius 3 is 2.79 bits per heavy atom. The lowest BCUT2D eigenvalue weighted by Gasteiger charge is -2.65. The number of nitrogens with zero attached hydrogens (tertiary/aromatic N) is 3. The number of hydrogen-bond acceptors (Lipinski definition) is 4. The first kappa shape index (κ1) is 19.8. The van der Waals surface area contributed by atoms with E-state index in [4.69, 9.17) is 4.74 Å². The van der Waals surface area contributed by atoms with Gasteiger partial charge in [-0.1, -0.05) is 13.0 Å². The van der Waals surface area contributed by atoms with Crippen molar-refractivity contribution in [3.8, 4) is 11.4 Å². The summed E-state index contributed by atoms with van der Waals surface area (Å²) in [6.07, 6.45) is 5.23. The van der Waals surface area contributed by atoms with E-state index >= 15 is 0 Å². The minimum atomic E-state index is -0.480. The molecular formula is C22H29FN4O2. The summed E-state index contributed by atoms with van der Waals surface area (Å²) in [6.45, 7) is 6.22. The molecule has 2 aliphatic rings. The lowest BCUT2D eigenvalue weighted by molar-refractivity contribution is -0.155. The zero-order valence-corrected chi connectivity index (χ0v) is 17.3. The smallest absolute Gasteiger partial charge is 0.322 e. The maximum absolute atomic E-state index is 13.2. The second-order valence-corrected chi connectivity index (χ2v) is 8.44. The van der Waals surface area contributed by atoms with E-state index in [2.05, 4.69) is 22.2 Å². The number of ether oxygens (including phenoxy) is 1. The van der Waals surface area contributed by atoms with Crippen LogP contribution in [0.2, 0.25) is 0 Å². The van der Waals surface area contributed by atoms with Gasteiger partial charge in [-0.25, -0.2) is 19.2 Å². The van der Waals surface area contributed by atoms with Crippen molar-refractivity contribution in [2.75, 3.05) is 12.4 Å². The number of hydrogen-bond donors (Lipinski definition) is 1. The molecule has 1 aromatic carbocycles. The van der Waals surface area contributed by atoms with Crippen LogP contribution in [0.1, 0.15) is 40.1 Å². The second kappa shape index (κ2) is 7.37. The number of rotatable bonds is 4.